The van der Waals surface area contributed by atoms with Gasteiger partial charge in [-0.05, 0) is 36.5 Å². The van der Waals surface area contributed by atoms with Gasteiger partial charge in [0.05, 0.1) is 17.8 Å². The molecular formula is C14H21N3O5S. The van der Waals surface area contributed by atoms with Gasteiger partial charge < -0.3 is 10.4 Å². The predicted octanol–water partition coefficient (Wildman–Crippen LogP) is 1.22. The van der Waals surface area contributed by atoms with E-state index in [1.54, 1.807) is 6.07 Å². The number of hydrogen-bond acceptors (Lipinski definition) is 6. The Bertz CT molecular complexity index is 677. The molecule has 8 nitrogen and oxygen atoms in total. The predicted molar refractivity (Wildman–Crippen MR) is 86.6 cm³/mol. The monoisotopic (exact) mass is 343 g/mol. The normalized spacial score (nSPS) is 21.3. The zero-order valence-electron chi connectivity index (χ0n) is 12.9. The molecule has 1 aromatic rings. The Morgan fingerprint density at radius 2 is 2.13 bits per heavy atom. The molecule has 1 aliphatic rings. The number of nitrogens with one attached hydrogen (secondary N) is 2. The van der Waals surface area contributed by atoms with Gasteiger partial charge in [-0.25, -0.2) is 13.1 Å². The molecule has 0 spiro atoms. The smallest absolute Gasteiger partial charge is 0.292 e. The van der Waals surface area contributed by atoms with E-state index in [1.807, 2.05) is 0 Å². The van der Waals surface area contributed by atoms with Gasteiger partial charge in [-0.15, -0.1) is 0 Å². The van der Waals surface area contributed by atoms with Crippen LogP contribution in [0.3, 0.4) is 0 Å². The van der Waals surface area contributed by atoms with E-state index >= 15 is 0 Å². The van der Waals surface area contributed by atoms with Gasteiger partial charge in [-0.3, -0.25) is 10.1 Å². The van der Waals surface area contributed by atoms with E-state index in [1.165, 1.54) is 12.1 Å². The fourth-order valence-electron chi connectivity index (χ4n) is 2.93. The van der Waals surface area contributed by atoms with Crippen LogP contribution < -0.4 is 10.0 Å². The number of hydrogen-bond donors (Lipinski definition) is 3. The molecule has 3 N–H and O–H groups in total. The van der Waals surface area contributed by atoms with Gasteiger partial charge in [0, 0.05) is 18.7 Å². The van der Waals surface area contributed by atoms with Crippen molar-refractivity contribution in [3.63, 3.8) is 0 Å². The third-order valence-electron chi connectivity index (χ3n) is 4.02. The Morgan fingerprint density at radius 3 is 2.74 bits per heavy atom. The molecule has 2 unspecified atom stereocenters. The number of nitro groups is 1. The van der Waals surface area contributed by atoms with E-state index in [2.05, 4.69) is 10.0 Å². The summed E-state index contributed by atoms with van der Waals surface area (Å²) < 4.78 is 25.4. The first kappa shape index (κ1) is 17.6. The summed E-state index contributed by atoms with van der Waals surface area (Å²) in [6, 6.07) is 4.26. The first-order valence-electron chi connectivity index (χ1n) is 7.39. The van der Waals surface area contributed by atoms with E-state index in [9.17, 15) is 18.5 Å². The highest BCUT2D eigenvalue weighted by atomic mass is 32.2. The maximum atomic E-state index is 11.4. The fraction of sp³-hybridized carbons (Fsp3) is 0.571. The van der Waals surface area contributed by atoms with Crippen LogP contribution in [-0.2, 0) is 16.6 Å². The standard InChI is InChI=1S/C14H21N3O5S/c1-23(21,22)16-12-4-2-3-11(12)8-15-13-7-10(9-18)5-6-14(13)17(19)20/h5-7,11-12,15-16,18H,2-4,8-9H2,1H3. The highest BCUT2D eigenvalue weighted by molar-refractivity contribution is 7.88. The maximum Gasteiger partial charge on any atom is 0.292 e. The highest BCUT2D eigenvalue weighted by Gasteiger charge is 2.29. The molecule has 0 aromatic heterocycles. The Labute approximate surface area is 135 Å². The van der Waals surface area contributed by atoms with Crippen LogP contribution in [0.15, 0.2) is 18.2 Å². The van der Waals surface area contributed by atoms with Gasteiger partial charge in [-0.2, -0.15) is 0 Å². The molecule has 0 amide bonds. The largest absolute Gasteiger partial charge is 0.392 e. The molecule has 0 bridgehead atoms. The Morgan fingerprint density at radius 1 is 1.39 bits per heavy atom. The number of anilines is 1. The van der Waals surface area contributed by atoms with E-state index in [4.69, 9.17) is 5.11 Å². The number of benzene rings is 1. The molecule has 9 heteroatoms. The van der Waals surface area contributed by atoms with Crippen LogP contribution >= 0.6 is 0 Å². The Balaban J connectivity index is 2.09. The molecule has 0 radical (unpaired) electrons. The van der Waals surface area contributed by atoms with E-state index in [-0.39, 0.29) is 24.3 Å². The first-order chi connectivity index (χ1) is 10.8. The van der Waals surface area contributed by atoms with Crippen molar-refractivity contribution in [2.24, 2.45) is 5.92 Å². The van der Waals surface area contributed by atoms with Crippen LogP contribution in [0.5, 0.6) is 0 Å². The number of aliphatic hydroxyl groups excluding tert-OH is 1. The lowest BCUT2D eigenvalue weighted by Crippen LogP contribution is -2.39. The fourth-order valence-corrected chi connectivity index (χ4v) is 3.79. The van der Waals surface area contributed by atoms with Crippen LogP contribution in [0.4, 0.5) is 11.4 Å². The minimum atomic E-state index is -3.27. The molecular weight excluding hydrogens is 322 g/mol. The number of sulfonamides is 1. The molecule has 0 aliphatic heterocycles. The van der Waals surface area contributed by atoms with Crippen molar-refractivity contribution in [1.82, 2.24) is 4.72 Å². The third kappa shape index (κ3) is 4.88. The molecule has 1 aromatic carbocycles. The van der Waals surface area contributed by atoms with Gasteiger partial charge in [0.2, 0.25) is 10.0 Å². The zero-order chi connectivity index (χ0) is 17.0. The van der Waals surface area contributed by atoms with Crippen molar-refractivity contribution in [2.45, 2.75) is 31.9 Å². The minimum Gasteiger partial charge on any atom is -0.392 e. The second kappa shape index (κ2) is 7.24. The van der Waals surface area contributed by atoms with Crippen LogP contribution in [0.2, 0.25) is 0 Å². The summed E-state index contributed by atoms with van der Waals surface area (Å²) in [4.78, 5) is 10.6. The van der Waals surface area contributed by atoms with Gasteiger partial charge in [0.15, 0.2) is 0 Å². The van der Waals surface area contributed by atoms with Crippen molar-refractivity contribution in [3.8, 4) is 0 Å². The summed E-state index contributed by atoms with van der Waals surface area (Å²) in [6.45, 7) is 0.233. The zero-order valence-corrected chi connectivity index (χ0v) is 13.7. The van der Waals surface area contributed by atoms with E-state index in [0.29, 0.717) is 17.8 Å². The second-order valence-electron chi connectivity index (χ2n) is 5.84. The van der Waals surface area contributed by atoms with Gasteiger partial charge in [0.1, 0.15) is 5.69 Å². The molecule has 2 rings (SSSR count). The minimum absolute atomic E-state index is 0.0622. The Hall–Kier alpha value is -1.71. The van der Waals surface area contributed by atoms with E-state index < -0.39 is 14.9 Å². The molecule has 0 heterocycles. The molecule has 1 fully saturated rings. The van der Waals surface area contributed by atoms with Crippen molar-refractivity contribution >= 4 is 21.4 Å². The summed E-state index contributed by atoms with van der Waals surface area (Å²) in [6.07, 6.45) is 3.66. The van der Waals surface area contributed by atoms with Crippen LogP contribution in [0.25, 0.3) is 0 Å². The lowest BCUT2D eigenvalue weighted by atomic mass is 10.0. The number of nitro benzene ring substituents is 1. The highest BCUT2D eigenvalue weighted by Crippen LogP contribution is 2.29. The van der Waals surface area contributed by atoms with Crippen LogP contribution in [-0.4, -0.2) is 37.3 Å². The summed E-state index contributed by atoms with van der Waals surface area (Å²) in [5.41, 5.74) is 0.856. The number of nitrogens with zero attached hydrogens (tertiary/aromatic N) is 1. The summed E-state index contributed by atoms with van der Waals surface area (Å²) in [5.74, 6) is 0.0714. The molecule has 128 valence electrons. The SMILES string of the molecule is CS(=O)(=O)NC1CCCC1CNc1cc(CO)ccc1[N+](=O)[O-]. The first-order valence-corrected chi connectivity index (χ1v) is 9.28. The quantitative estimate of drug-likeness (QED) is 0.505. The van der Waals surface area contributed by atoms with Crippen molar-refractivity contribution in [3.05, 3.63) is 33.9 Å². The molecule has 2 atom stereocenters. The molecule has 1 saturated carbocycles. The average Bonchev–Trinajstić information content (AvgIpc) is 2.89. The van der Waals surface area contributed by atoms with Gasteiger partial charge in [-0.1, -0.05) is 6.42 Å². The summed E-state index contributed by atoms with van der Waals surface area (Å²) >= 11 is 0. The van der Waals surface area contributed by atoms with E-state index in [0.717, 1.165) is 25.5 Å². The van der Waals surface area contributed by atoms with Crippen molar-refractivity contribution in [2.75, 3.05) is 18.1 Å². The maximum absolute atomic E-state index is 11.4. The van der Waals surface area contributed by atoms with Crippen LogP contribution in [0.1, 0.15) is 24.8 Å². The second-order valence-corrected chi connectivity index (χ2v) is 7.62. The van der Waals surface area contributed by atoms with Gasteiger partial charge in [0.25, 0.3) is 5.69 Å². The Kier molecular flexibility index (Phi) is 5.55. The number of aliphatic hydroxyl groups is 1. The average molecular weight is 343 g/mol. The molecule has 1 aliphatic carbocycles. The third-order valence-corrected chi connectivity index (χ3v) is 4.75. The summed E-state index contributed by atoms with van der Waals surface area (Å²) in [5, 5.41) is 23.3. The number of rotatable bonds is 7. The van der Waals surface area contributed by atoms with Crippen molar-refractivity contribution < 1.29 is 18.4 Å². The lowest BCUT2D eigenvalue weighted by Gasteiger charge is -2.21. The van der Waals surface area contributed by atoms with Crippen molar-refractivity contribution in [1.29, 1.82) is 0 Å². The molecule has 23 heavy (non-hydrogen) atoms. The molecule has 0 saturated heterocycles. The summed E-state index contributed by atoms with van der Waals surface area (Å²) in [7, 11) is -3.27. The topological polar surface area (TPSA) is 122 Å². The lowest BCUT2D eigenvalue weighted by molar-refractivity contribution is -0.384. The van der Waals surface area contributed by atoms with Crippen LogP contribution in [0, 0.1) is 16.0 Å². The van der Waals surface area contributed by atoms with Gasteiger partial charge >= 0.3 is 0 Å².